The molecule has 1 rings (SSSR count). The second-order valence-corrected chi connectivity index (χ2v) is 7.44. The number of rotatable bonds is 10. The summed E-state index contributed by atoms with van der Waals surface area (Å²) >= 11 is 0. The van der Waals surface area contributed by atoms with Gasteiger partial charge in [-0.3, -0.25) is 9.36 Å². The van der Waals surface area contributed by atoms with E-state index in [2.05, 4.69) is 6.92 Å². The van der Waals surface area contributed by atoms with E-state index in [9.17, 15) is 19.1 Å². The van der Waals surface area contributed by atoms with E-state index in [0.29, 0.717) is 25.8 Å². The summed E-state index contributed by atoms with van der Waals surface area (Å²) in [6.45, 7) is 2.67. The Hall–Kier alpha value is -0.380. The maximum atomic E-state index is 11.7. The third-order valence-electron chi connectivity index (χ3n) is 3.92. The molecule has 20 heavy (non-hydrogen) atoms. The van der Waals surface area contributed by atoms with Gasteiger partial charge >= 0.3 is 7.60 Å². The highest BCUT2D eigenvalue weighted by molar-refractivity contribution is 7.52. The Morgan fingerprint density at radius 3 is 2.25 bits per heavy atom. The molecule has 0 aromatic rings. The molecule has 6 heteroatoms. The smallest absolute Gasteiger partial charge is 0.328 e. The van der Waals surface area contributed by atoms with Gasteiger partial charge in [0.25, 0.3) is 0 Å². The summed E-state index contributed by atoms with van der Waals surface area (Å²) in [6, 6.07) is 0. The number of carbonyl (C=O) groups is 1. The molecule has 1 heterocycles. The summed E-state index contributed by atoms with van der Waals surface area (Å²) in [5.41, 5.74) is 0. The van der Waals surface area contributed by atoms with E-state index in [-0.39, 0.29) is 5.91 Å². The molecule has 0 saturated carbocycles. The molecule has 1 atom stereocenters. The van der Waals surface area contributed by atoms with Crippen LogP contribution in [-0.2, 0) is 9.36 Å². The van der Waals surface area contributed by atoms with Crippen molar-refractivity contribution >= 4 is 13.5 Å². The molecule has 0 aliphatic carbocycles. The summed E-state index contributed by atoms with van der Waals surface area (Å²) in [6.07, 6.45) is 9.35. The quantitative estimate of drug-likeness (QED) is 0.480. The van der Waals surface area contributed by atoms with Gasteiger partial charge in [0.05, 0.1) is 0 Å². The van der Waals surface area contributed by atoms with E-state index in [4.69, 9.17) is 0 Å². The van der Waals surface area contributed by atoms with Crippen molar-refractivity contribution in [3.63, 3.8) is 0 Å². The second kappa shape index (κ2) is 8.81. The first-order valence-corrected chi connectivity index (χ1v) is 9.49. The van der Waals surface area contributed by atoms with Crippen LogP contribution in [0.2, 0.25) is 0 Å². The number of nitrogens with zero attached hydrogens (tertiary/aromatic N) is 1. The Bertz CT molecular complexity index is 342. The van der Waals surface area contributed by atoms with Crippen molar-refractivity contribution in [2.75, 3.05) is 6.54 Å². The second-order valence-electron chi connectivity index (χ2n) is 5.67. The maximum absolute atomic E-state index is 11.7. The topological polar surface area (TPSA) is 77.8 Å². The number of hydrogen-bond donors (Lipinski definition) is 2. The maximum Gasteiger partial charge on any atom is 0.347 e. The fraction of sp³-hybridized carbons (Fsp3) is 0.929. The van der Waals surface area contributed by atoms with Crippen molar-refractivity contribution in [3.8, 4) is 0 Å². The van der Waals surface area contributed by atoms with Gasteiger partial charge < -0.3 is 14.7 Å². The van der Waals surface area contributed by atoms with E-state index in [1.54, 1.807) is 0 Å². The van der Waals surface area contributed by atoms with Crippen LogP contribution in [0.25, 0.3) is 0 Å². The van der Waals surface area contributed by atoms with Crippen molar-refractivity contribution < 1.29 is 19.1 Å². The average molecular weight is 305 g/mol. The van der Waals surface area contributed by atoms with Crippen LogP contribution >= 0.6 is 7.60 Å². The van der Waals surface area contributed by atoms with Crippen LogP contribution in [0.4, 0.5) is 0 Å². The minimum absolute atomic E-state index is 0.110. The molecule has 1 aliphatic heterocycles. The molecular formula is C14H28NO4P. The monoisotopic (exact) mass is 305 g/mol. The molecule has 0 radical (unpaired) electrons. The number of hydrogen-bond acceptors (Lipinski definition) is 2. The van der Waals surface area contributed by atoms with Crippen LogP contribution in [0.5, 0.6) is 0 Å². The molecule has 1 amide bonds. The molecule has 1 unspecified atom stereocenters. The van der Waals surface area contributed by atoms with E-state index in [0.717, 1.165) is 19.3 Å². The van der Waals surface area contributed by atoms with Crippen molar-refractivity contribution in [3.05, 3.63) is 0 Å². The average Bonchev–Trinajstić information content (AvgIpc) is 2.77. The van der Waals surface area contributed by atoms with Gasteiger partial charge in [-0.1, -0.05) is 51.9 Å². The standard InChI is InChI=1S/C14H28NO4P/c1-2-3-4-5-6-7-8-11-14(20(17,18)19)15-12-9-10-13(15)16/h14H,2-12H2,1H3,(H2,17,18,19). The van der Waals surface area contributed by atoms with Gasteiger partial charge in [0, 0.05) is 13.0 Å². The summed E-state index contributed by atoms with van der Waals surface area (Å²) < 4.78 is 11.6. The van der Waals surface area contributed by atoms with E-state index in [1.807, 2.05) is 0 Å². The fourth-order valence-corrected chi connectivity index (χ4v) is 3.90. The first-order valence-electron chi connectivity index (χ1n) is 7.81. The van der Waals surface area contributed by atoms with Gasteiger partial charge in [-0.05, 0) is 12.8 Å². The van der Waals surface area contributed by atoms with Crippen molar-refractivity contribution in [1.82, 2.24) is 4.90 Å². The molecule has 5 nitrogen and oxygen atoms in total. The first kappa shape index (κ1) is 17.7. The number of unbranched alkanes of at least 4 members (excludes halogenated alkanes) is 6. The zero-order chi connectivity index (χ0) is 15.0. The summed E-state index contributed by atoms with van der Waals surface area (Å²) in [7, 11) is -4.22. The van der Waals surface area contributed by atoms with Crippen LogP contribution in [0.3, 0.4) is 0 Å². The summed E-state index contributed by atoms with van der Waals surface area (Å²) in [5.74, 6) is -1.01. The molecule has 2 N–H and O–H groups in total. The Morgan fingerprint density at radius 2 is 1.75 bits per heavy atom. The van der Waals surface area contributed by atoms with Crippen LogP contribution in [0.15, 0.2) is 0 Å². The lowest BCUT2D eigenvalue weighted by Gasteiger charge is -2.28. The highest BCUT2D eigenvalue weighted by Crippen LogP contribution is 2.46. The molecular weight excluding hydrogens is 277 g/mol. The Kier molecular flexibility index (Phi) is 7.78. The van der Waals surface area contributed by atoms with Crippen LogP contribution < -0.4 is 0 Å². The molecule has 1 fully saturated rings. The van der Waals surface area contributed by atoms with Crippen LogP contribution in [-0.4, -0.2) is 32.9 Å². The summed E-state index contributed by atoms with van der Waals surface area (Å²) in [4.78, 5) is 31.9. The van der Waals surface area contributed by atoms with Crippen molar-refractivity contribution in [1.29, 1.82) is 0 Å². The Morgan fingerprint density at radius 1 is 1.15 bits per heavy atom. The predicted octanol–water partition coefficient (Wildman–Crippen LogP) is 3.25. The minimum atomic E-state index is -4.22. The van der Waals surface area contributed by atoms with Crippen molar-refractivity contribution in [2.24, 2.45) is 0 Å². The Labute approximate surface area is 121 Å². The minimum Gasteiger partial charge on any atom is -0.328 e. The van der Waals surface area contributed by atoms with E-state index >= 15 is 0 Å². The highest BCUT2D eigenvalue weighted by Gasteiger charge is 2.38. The molecule has 0 bridgehead atoms. The normalized spacial score (nSPS) is 17.8. The largest absolute Gasteiger partial charge is 0.347 e. The lowest BCUT2D eigenvalue weighted by molar-refractivity contribution is -0.128. The SMILES string of the molecule is CCCCCCCCCC(N1CCCC1=O)P(=O)(O)O. The number of carbonyl (C=O) groups excluding carboxylic acids is 1. The third-order valence-corrected chi connectivity index (χ3v) is 5.24. The Balaban J connectivity index is 2.32. The van der Waals surface area contributed by atoms with Crippen molar-refractivity contribution in [2.45, 2.75) is 76.9 Å². The molecule has 0 spiro atoms. The van der Waals surface area contributed by atoms with Gasteiger partial charge in [-0.15, -0.1) is 0 Å². The van der Waals surface area contributed by atoms with Gasteiger partial charge in [0.15, 0.2) is 0 Å². The predicted molar refractivity (Wildman–Crippen MR) is 79.4 cm³/mol. The molecule has 0 aromatic heterocycles. The lowest BCUT2D eigenvalue weighted by atomic mass is 10.1. The van der Waals surface area contributed by atoms with Crippen LogP contribution in [0.1, 0.15) is 71.1 Å². The number of likely N-dealkylation sites (tertiary alicyclic amines) is 1. The number of amides is 1. The zero-order valence-electron chi connectivity index (χ0n) is 12.5. The fourth-order valence-electron chi connectivity index (χ4n) is 2.77. The third kappa shape index (κ3) is 5.94. The van der Waals surface area contributed by atoms with Gasteiger partial charge in [-0.2, -0.15) is 0 Å². The van der Waals surface area contributed by atoms with E-state index < -0.39 is 13.4 Å². The molecule has 1 aliphatic rings. The summed E-state index contributed by atoms with van der Waals surface area (Å²) in [5, 5.41) is 0. The highest BCUT2D eigenvalue weighted by atomic mass is 31.2. The first-order chi connectivity index (χ1) is 9.46. The molecule has 1 saturated heterocycles. The lowest BCUT2D eigenvalue weighted by Crippen LogP contribution is -2.36. The van der Waals surface area contributed by atoms with Gasteiger partial charge in [0.2, 0.25) is 5.91 Å². The van der Waals surface area contributed by atoms with Gasteiger partial charge in [0.1, 0.15) is 5.78 Å². The zero-order valence-corrected chi connectivity index (χ0v) is 13.4. The van der Waals surface area contributed by atoms with Crippen LogP contribution in [0, 0.1) is 0 Å². The molecule has 118 valence electrons. The van der Waals surface area contributed by atoms with Gasteiger partial charge in [-0.25, -0.2) is 0 Å². The van der Waals surface area contributed by atoms with E-state index in [1.165, 1.54) is 30.6 Å². The molecule has 0 aromatic carbocycles.